The molecule has 1 fully saturated rings. The normalized spacial score (nSPS) is 20.1. The molecule has 0 spiro atoms. The lowest BCUT2D eigenvalue weighted by Gasteiger charge is -2.42. The van der Waals surface area contributed by atoms with Gasteiger partial charge >= 0.3 is 0 Å². The second kappa shape index (κ2) is 8.63. The molecule has 1 saturated heterocycles. The molecule has 2 aliphatic heterocycles. The topological polar surface area (TPSA) is 96.0 Å². The molecule has 2 aliphatic rings. The first-order chi connectivity index (χ1) is 15.0. The molecule has 8 nitrogen and oxygen atoms in total. The third-order valence-corrected chi connectivity index (χ3v) is 6.54. The van der Waals surface area contributed by atoms with E-state index in [1.54, 1.807) is 19.1 Å². The lowest BCUT2D eigenvalue weighted by atomic mass is 9.84. The predicted octanol–water partition coefficient (Wildman–Crippen LogP) is 1.84. The summed E-state index contributed by atoms with van der Waals surface area (Å²) in [5.41, 5.74) is 7.24. The van der Waals surface area contributed by atoms with E-state index in [9.17, 15) is 9.59 Å². The maximum atomic E-state index is 13.6. The minimum Gasteiger partial charge on any atom is -0.493 e. The molecule has 2 N–H and O–H groups in total. The van der Waals surface area contributed by atoms with Crippen LogP contribution >= 0.6 is 0 Å². The van der Waals surface area contributed by atoms with Crippen LogP contribution in [0.25, 0.3) is 0 Å². The number of aromatic nitrogens is 1. The molecule has 8 heteroatoms. The summed E-state index contributed by atoms with van der Waals surface area (Å²) in [5, 5.41) is 0. The lowest BCUT2D eigenvalue weighted by Crippen LogP contribution is -2.53. The molecule has 0 aliphatic carbocycles. The number of fused-ring (bicyclic) bond motifs is 1. The van der Waals surface area contributed by atoms with Crippen molar-refractivity contribution in [3.63, 3.8) is 0 Å². The molecule has 166 valence electrons. The van der Waals surface area contributed by atoms with E-state index in [1.165, 1.54) is 0 Å². The second-order valence-electron chi connectivity index (χ2n) is 8.22. The molecule has 1 aromatic heterocycles. The number of methoxy groups -OCH3 is 2. The highest BCUT2D eigenvalue weighted by Crippen LogP contribution is 2.37. The summed E-state index contributed by atoms with van der Waals surface area (Å²) in [7, 11) is 3.15. The molecule has 2 amide bonds. The van der Waals surface area contributed by atoms with Crippen LogP contribution in [-0.4, -0.2) is 54.8 Å². The summed E-state index contributed by atoms with van der Waals surface area (Å²) in [6.07, 6.45) is 6.11. The number of ether oxygens (including phenoxy) is 3. The third-order valence-electron chi connectivity index (χ3n) is 6.54. The van der Waals surface area contributed by atoms with Crippen LogP contribution in [0.1, 0.15) is 30.4 Å². The Morgan fingerprint density at radius 3 is 2.29 bits per heavy atom. The van der Waals surface area contributed by atoms with Crippen molar-refractivity contribution in [2.75, 3.05) is 27.4 Å². The zero-order valence-electron chi connectivity index (χ0n) is 18.0. The number of amides is 2. The van der Waals surface area contributed by atoms with E-state index in [4.69, 9.17) is 19.9 Å². The Morgan fingerprint density at radius 1 is 1.10 bits per heavy atom. The molecule has 2 aromatic rings. The Morgan fingerprint density at radius 2 is 1.71 bits per heavy atom. The Balaban J connectivity index is 1.64. The smallest absolute Gasteiger partial charge is 0.240 e. The Bertz CT molecular complexity index is 950. The van der Waals surface area contributed by atoms with Crippen LogP contribution in [0.5, 0.6) is 11.5 Å². The fourth-order valence-electron chi connectivity index (χ4n) is 4.74. The van der Waals surface area contributed by atoms with Crippen molar-refractivity contribution < 1.29 is 23.8 Å². The third kappa shape index (κ3) is 3.99. The van der Waals surface area contributed by atoms with Crippen LogP contribution < -0.4 is 15.2 Å². The van der Waals surface area contributed by atoms with Crippen LogP contribution in [0.3, 0.4) is 0 Å². The number of hydrogen-bond acceptors (Lipinski definition) is 5. The van der Waals surface area contributed by atoms with Crippen molar-refractivity contribution in [3.8, 4) is 11.5 Å². The van der Waals surface area contributed by atoms with E-state index >= 15 is 0 Å². The fraction of sp³-hybridized carbons (Fsp3) is 0.478. The first-order valence-electron chi connectivity index (χ1n) is 10.5. The molecule has 4 rings (SSSR count). The van der Waals surface area contributed by atoms with Gasteiger partial charge in [0.25, 0.3) is 0 Å². The van der Waals surface area contributed by atoms with E-state index < -0.39 is 11.9 Å². The fourth-order valence-corrected chi connectivity index (χ4v) is 4.74. The molecule has 0 radical (unpaired) electrons. The second-order valence-corrected chi connectivity index (χ2v) is 8.22. The van der Waals surface area contributed by atoms with Crippen molar-refractivity contribution in [3.05, 3.63) is 47.8 Å². The summed E-state index contributed by atoms with van der Waals surface area (Å²) >= 11 is 0. The minimum atomic E-state index is -0.695. The van der Waals surface area contributed by atoms with Crippen molar-refractivity contribution in [2.24, 2.45) is 5.73 Å². The number of benzene rings is 1. The summed E-state index contributed by atoms with van der Waals surface area (Å²) in [5.74, 6) is 0.605. The number of carbonyl (C=O) groups excluding carboxylic acids is 2. The molecule has 1 unspecified atom stereocenters. The lowest BCUT2D eigenvalue weighted by molar-refractivity contribution is -0.143. The van der Waals surface area contributed by atoms with Crippen molar-refractivity contribution in [1.82, 2.24) is 9.47 Å². The molecule has 0 bridgehead atoms. The highest BCUT2D eigenvalue weighted by Gasteiger charge is 2.41. The number of rotatable bonds is 6. The number of carbonyl (C=O) groups is 2. The largest absolute Gasteiger partial charge is 0.493 e. The summed E-state index contributed by atoms with van der Waals surface area (Å²) in [6, 6.07) is 6.97. The number of nitrogens with zero attached hydrogens (tertiary/aromatic N) is 2. The predicted molar refractivity (Wildman–Crippen MR) is 114 cm³/mol. The van der Waals surface area contributed by atoms with Gasteiger partial charge in [-0.1, -0.05) is 0 Å². The van der Waals surface area contributed by atoms with E-state index in [1.807, 2.05) is 36.7 Å². The van der Waals surface area contributed by atoms with Gasteiger partial charge in [0, 0.05) is 38.6 Å². The van der Waals surface area contributed by atoms with Gasteiger partial charge in [-0.25, -0.2) is 0 Å². The molecule has 3 heterocycles. The SMILES string of the molecule is COc1cc2c(cc1OC)CN(C(=O)CC1(n3cccc3)CCOCC1)C(C(N)=O)C2. The first kappa shape index (κ1) is 21.2. The molecule has 0 saturated carbocycles. The first-order valence-corrected chi connectivity index (χ1v) is 10.5. The zero-order chi connectivity index (χ0) is 22.0. The Hall–Kier alpha value is -3.00. The average molecular weight is 428 g/mol. The maximum Gasteiger partial charge on any atom is 0.240 e. The van der Waals surface area contributed by atoms with E-state index in [0.29, 0.717) is 37.7 Å². The highest BCUT2D eigenvalue weighted by atomic mass is 16.5. The van der Waals surface area contributed by atoms with E-state index in [-0.39, 0.29) is 17.9 Å². The molecule has 1 atom stereocenters. The quantitative estimate of drug-likeness (QED) is 0.759. The van der Waals surface area contributed by atoms with Gasteiger partial charge in [0.1, 0.15) is 6.04 Å². The van der Waals surface area contributed by atoms with Crippen LogP contribution in [0.2, 0.25) is 0 Å². The van der Waals surface area contributed by atoms with Crippen molar-refractivity contribution in [2.45, 2.75) is 43.8 Å². The summed E-state index contributed by atoms with van der Waals surface area (Å²) < 4.78 is 18.5. The maximum absolute atomic E-state index is 13.6. The number of primary amides is 1. The van der Waals surface area contributed by atoms with Gasteiger partial charge in [0.15, 0.2) is 11.5 Å². The Kier molecular flexibility index (Phi) is 5.91. The van der Waals surface area contributed by atoms with Crippen LogP contribution in [0.4, 0.5) is 0 Å². The van der Waals surface area contributed by atoms with Gasteiger partial charge < -0.3 is 29.4 Å². The van der Waals surface area contributed by atoms with Crippen LogP contribution in [-0.2, 0) is 32.8 Å². The average Bonchev–Trinajstić information content (AvgIpc) is 3.33. The Labute approximate surface area is 181 Å². The zero-order valence-corrected chi connectivity index (χ0v) is 18.0. The van der Waals surface area contributed by atoms with Crippen molar-refractivity contribution >= 4 is 11.8 Å². The van der Waals surface area contributed by atoms with Gasteiger partial charge in [-0.05, 0) is 48.2 Å². The van der Waals surface area contributed by atoms with Gasteiger partial charge in [-0.15, -0.1) is 0 Å². The van der Waals surface area contributed by atoms with Gasteiger partial charge in [-0.3, -0.25) is 9.59 Å². The highest BCUT2D eigenvalue weighted by molar-refractivity contribution is 5.88. The molecule has 1 aromatic carbocycles. The molecular weight excluding hydrogens is 398 g/mol. The molecule has 31 heavy (non-hydrogen) atoms. The van der Waals surface area contributed by atoms with Crippen LogP contribution in [0, 0.1) is 0 Å². The minimum absolute atomic E-state index is 0.0835. The molecular formula is C23H29N3O5. The summed E-state index contributed by atoms with van der Waals surface area (Å²) in [4.78, 5) is 27.5. The van der Waals surface area contributed by atoms with Gasteiger partial charge in [0.05, 0.1) is 26.2 Å². The van der Waals surface area contributed by atoms with E-state index in [2.05, 4.69) is 4.57 Å². The van der Waals surface area contributed by atoms with E-state index in [0.717, 1.165) is 24.0 Å². The number of nitrogens with two attached hydrogens (primary N) is 1. The van der Waals surface area contributed by atoms with Gasteiger partial charge in [-0.2, -0.15) is 0 Å². The van der Waals surface area contributed by atoms with Crippen LogP contribution in [0.15, 0.2) is 36.7 Å². The standard InChI is InChI=1S/C23H29N3O5/c1-29-19-12-16-11-18(22(24)28)26(15-17(16)13-20(19)30-2)21(27)14-23(5-9-31-10-6-23)25-7-3-4-8-25/h3-4,7-8,12-13,18H,5-6,9-11,14-15H2,1-2H3,(H2,24,28). The summed E-state index contributed by atoms with van der Waals surface area (Å²) in [6.45, 7) is 1.51. The van der Waals surface area contributed by atoms with Crippen molar-refractivity contribution in [1.29, 1.82) is 0 Å². The monoisotopic (exact) mass is 427 g/mol. The number of hydrogen-bond donors (Lipinski definition) is 1. The van der Waals surface area contributed by atoms with Gasteiger partial charge in [0.2, 0.25) is 11.8 Å².